The third-order valence-corrected chi connectivity index (χ3v) is 1.67. The first kappa shape index (κ1) is 11.4. The number of rotatable bonds is 5. The number of hydrogen-bond acceptors (Lipinski definition) is 2. The highest BCUT2D eigenvalue weighted by atomic mass is 79.9. The molecule has 0 aliphatic rings. The number of carbonyl (C=O) groups excluding carboxylic acids is 2. The Balaban J connectivity index is 3.30. The molecule has 0 atom stereocenters. The minimum absolute atomic E-state index is 0.0317. The summed E-state index contributed by atoms with van der Waals surface area (Å²) in [5.74, 6) is -0.0927. The van der Waals surface area contributed by atoms with E-state index in [1.165, 1.54) is 0 Å². The fourth-order valence-electron chi connectivity index (χ4n) is 0.615. The SMILES string of the molecule is CNC(=O)CCNC(=O)CCBr. The summed E-state index contributed by atoms with van der Waals surface area (Å²) in [5.41, 5.74) is 0. The van der Waals surface area contributed by atoms with Crippen LogP contribution < -0.4 is 10.6 Å². The summed E-state index contributed by atoms with van der Waals surface area (Å²) < 4.78 is 0. The van der Waals surface area contributed by atoms with Crippen LogP contribution in [0.1, 0.15) is 12.8 Å². The highest BCUT2D eigenvalue weighted by Crippen LogP contribution is 1.86. The Labute approximate surface area is 80.2 Å². The zero-order valence-corrected chi connectivity index (χ0v) is 8.61. The van der Waals surface area contributed by atoms with Crippen LogP contribution in [0.2, 0.25) is 0 Å². The van der Waals surface area contributed by atoms with Crippen LogP contribution in [0.15, 0.2) is 0 Å². The van der Waals surface area contributed by atoms with E-state index < -0.39 is 0 Å². The third-order valence-electron chi connectivity index (χ3n) is 1.27. The van der Waals surface area contributed by atoms with E-state index in [1.54, 1.807) is 7.05 Å². The van der Waals surface area contributed by atoms with Gasteiger partial charge in [0.05, 0.1) is 0 Å². The van der Waals surface area contributed by atoms with Crippen LogP contribution in [0.25, 0.3) is 0 Å². The van der Waals surface area contributed by atoms with Crippen molar-refractivity contribution in [2.75, 3.05) is 18.9 Å². The maximum Gasteiger partial charge on any atom is 0.221 e. The van der Waals surface area contributed by atoms with E-state index in [0.29, 0.717) is 24.7 Å². The molecule has 0 spiro atoms. The maximum atomic E-state index is 10.8. The standard InChI is InChI=1S/C7H13BrN2O2/c1-9-6(11)3-5-10-7(12)2-4-8/h2-5H2,1H3,(H,9,11)(H,10,12). The summed E-state index contributed by atoms with van der Waals surface area (Å²) in [6.07, 6.45) is 0.790. The normalized spacial score (nSPS) is 9.17. The molecule has 0 aliphatic heterocycles. The summed E-state index contributed by atoms with van der Waals surface area (Å²) in [4.78, 5) is 21.5. The van der Waals surface area contributed by atoms with Gasteiger partial charge >= 0.3 is 0 Å². The lowest BCUT2D eigenvalue weighted by Gasteiger charge is -2.02. The predicted octanol–water partition coefficient (Wildman–Crippen LogP) is 0.0237. The first-order valence-electron chi connectivity index (χ1n) is 3.74. The molecule has 12 heavy (non-hydrogen) atoms. The van der Waals surface area contributed by atoms with Crippen molar-refractivity contribution < 1.29 is 9.59 Å². The van der Waals surface area contributed by atoms with Crippen molar-refractivity contribution in [2.24, 2.45) is 0 Å². The van der Waals surface area contributed by atoms with Crippen molar-refractivity contribution in [3.8, 4) is 0 Å². The second kappa shape index (κ2) is 7.09. The number of alkyl halides is 1. The molecule has 0 unspecified atom stereocenters. The molecular formula is C7H13BrN2O2. The molecule has 5 heteroatoms. The lowest BCUT2D eigenvalue weighted by molar-refractivity contribution is -0.121. The Morgan fingerprint density at radius 1 is 1.25 bits per heavy atom. The van der Waals surface area contributed by atoms with Crippen LogP contribution >= 0.6 is 15.9 Å². The largest absolute Gasteiger partial charge is 0.359 e. The molecule has 0 aromatic heterocycles. The second-order valence-corrected chi connectivity index (χ2v) is 3.01. The van der Waals surface area contributed by atoms with Crippen molar-refractivity contribution in [2.45, 2.75) is 12.8 Å². The van der Waals surface area contributed by atoms with Crippen molar-refractivity contribution in [1.82, 2.24) is 10.6 Å². The summed E-state index contributed by atoms with van der Waals surface area (Å²) in [5, 5.41) is 5.74. The summed E-state index contributed by atoms with van der Waals surface area (Å²) in [7, 11) is 1.57. The Hall–Kier alpha value is -0.580. The third kappa shape index (κ3) is 6.15. The molecule has 2 amide bonds. The predicted molar refractivity (Wildman–Crippen MR) is 50.1 cm³/mol. The van der Waals surface area contributed by atoms with E-state index in [9.17, 15) is 9.59 Å². The second-order valence-electron chi connectivity index (χ2n) is 2.21. The fourth-order valence-corrected chi connectivity index (χ4v) is 0.975. The molecule has 2 N–H and O–H groups in total. The molecule has 4 nitrogen and oxygen atoms in total. The Bertz CT molecular complexity index is 161. The number of nitrogens with one attached hydrogen (secondary N) is 2. The van der Waals surface area contributed by atoms with E-state index >= 15 is 0 Å². The summed E-state index contributed by atoms with van der Waals surface area (Å²) >= 11 is 3.14. The molecule has 0 fully saturated rings. The van der Waals surface area contributed by atoms with E-state index in [2.05, 4.69) is 26.6 Å². The number of carbonyl (C=O) groups is 2. The minimum atomic E-state index is -0.0610. The molecule has 0 bridgehead atoms. The average molecular weight is 237 g/mol. The summed E-state index contributed by atoms with van der Waals surface area (Å²) in [6, 6.07) is 0. The zero-order valence-electron chi connectivity index (χ0n) is 7.02. The first-order chi connectivity index (χ1) is 5.70. The average Bonchev–Trinajstić information content (AvgIpc) is 2.04. The van der Waals surface area contributed by atoms with E-state index in [4.69, 9.17) is 0 Å². The molecule has 0 aliphatic carbocycles. The zero-order chi connectivity index (χ0) is 9.40. The van der Waals surface area contributed by atoms with Crippen LogP contribution in [0.5, 0.6) is 0 Å². The van der Waals surface area contributed by atoms with Gasteiger partial charge in [0, 0.05) is 31.8 Å². The highest BCUT2D eigenvalue weighted by molar-refractivity contribution is 9.09. The van der Waals surface area contributed by atoms with Gasteiger partial charge in [-0.1, -0.05) is 15.9 Å². The van der Waals surface area contributed by atoms with Crippen LogP contribution in [0, 0.1) is 0 Å². The van der Waals surface area contributed by atoms with Crippen molar-refractivity contribution in [3.05, 3.63) is 0 Å². The van der Waals surface area contributed by atoms with Gasteiger partial charge in [-0.05, 0) is 0 Å². The van der Waals surface area contributed by atoms with Crippen LogP contribution in [0.3, 0.4) is 0 Å². The van der Waals surface area contributed by atoms with Gasteiger partial charge in [-0.3, -0.25) is 9.59 Å². The molecule has 0 aromatic rings. The summed E-state index contributed by atoms with van der Waals surface area (Å²) in [6.45, 7) is 0.408. The number of hydrogen-bond donors (Lipinski definition) is 2. The topological polar surface area (TPSA) is 58.2 Å². The molecule has 0 saturated heterocycles. The van der Waals surface area contributed by atoms with Gasteiger partial charge in [-0.2, -0.15) is 0 Å². The van der Waals surface area contributed by atoms with Gasteiger partial charge in [-0.15, -0.1) is 0 Å². The number of amides is 2. The van der Waals surface area contributed by atoms with Crippen molar-refractivity contribution in [1.29, 1.82) is 0 Å². The smallest absolute Gasteiger partial charge is 0.221 e. The Kier molecular flexibility index (Phi) is 6.75. The van der Waals surface area contributed by atoms with Crippen LogP contribution in [-0.4, -0.2) is 30.7 Å². The highest BCUT2D eigenvalue weighted by Gasteiger charge is 2.00. The van der Waals surface area contributed by atoms with Gasteiger partial charge in [0.1, 0.15) is 0 Å². The molecule has 0 radical (unpaired) electrons. The molecule has 0 aromatic carbocycles. The molecule has 70 valence electrons. The van der Waals surface area contributed by atoms with Gasteiger partial charge in [0.15, 0.2) is 0 Å². The van der Waals surface area contributed by atoms with Crippen LogP contribution in [0.4, 0.5) is 0 Å². The Morgan fingerprint density at radius 2 is 1.92 bits per heavy atom. The quantitative estimate of drug-likeness (QED) is 0.662. The Morgan fingerprint density at radius 3 is 2.42 bits per heavy atom. The maximum absolute atomic E-state index is 10.8. The molecule has 0 rings (SSSR count). The molecule has 0 heterocycles. The molecular weight excluding hydrogens is 224 g/mol. The lowest BCUT2D eigenvalue weighted by Crippen LogP contribution is -2.29. The van der Waals surface area contributed by atoms with E-state index in [-0.39, 0.29) is 11.8 Å². The minimum Gasteiger partial charge on any atom is -0.359 e. The van der Waals surface area contributed by atoms with E-state index in [1.807, 2.05) is 0 Å². The monoisotopic (exact) mass is 236 g/mol. The van der Waals surface area contributed by atoms with Gasteiger partial charge in [-0.25, -0.2) is 0 Å². The molecule has 0 saturated carbocycles. The number of halogens is 1. The van der Waals surface area contributed by atoms with Gasteiger partial charge in [0.2, 0.25) is 11.8 Å². The lowest BCUT2D eigenvalue weighted by atomic mass is 10.4. The van der Waals surface area contributed by atoms with Crippen molar-refractivity contribution >= 4 is 27.7 Å². The van der Waals surface area contributed by atoms with Gasteiger partial charge in [0.25, 0.3) is 0 Å². The fraction of sp³-hybridized carbons (Fsp3) is 0.714. The van der Waals surface area contributed by atoms with Crippen LogP contribution in [-0.2, 0) is 9.59 Å². The van der Waals surface area contributed by atoms with Crippen molar-refractivity contribution in [3.63, 3.8) is 0 Å². The first-order valence-corrected chi connectivity index (χ1v) is 4.86. The van der Waals surface area contributed by atoms with Gasteiger partial charge < -0.3 is 10.6 Å². The van der Waals surface area contributed by atoms with E-state index in [0.717, 1.165) is 0 Å².